The Balaban J connectivity index is 1.62. The number of thiophene rings is 1. The maximum Gasteiger partial charge on any atom is 0.263 e. The first kappa shape index (κ1) is 21.7. The fourth-order valence-electron chi connectivity index (χ4n) is 3.90. The molecule has 31 heavy (non-hydrogen) atoms. The number of pyridine rings is 1. The van der Waals surface area contributed by atoms with E-state index in [0.29, 0.717) is 18.0 Å². The highest BCUT2D eigenvalue weighted by atomic mass is 32.1. The van der Waals surface area contributed by atoms with Gasteiger partial charge in [0.25, 0.3) is 5.91 Å². The number of fused-ring (bicyclic) bond motifs is 1. The topological polar surface area (TPSA) is 54.9 Å². The average molecular weight is 440 g/mol. The summed E-state index contributed by atoms with van der Waals surface area (Å²) in [6.07, 6.45) is 1.72. The maximum absolute atomic E-state index is 12.9. The fourth-order valence-corrected chi connectivity index (χ4v) is 5.11. The number of hydrogen-bond acceptors (Lipinski definition) is 6. The largest absolute Gasteiger partial charge is 0.491 e. The van der Waals surface area contributed by atoms with Gasteiger partial charge in [-0.05, 0) is 26.0 Å². The quantitative estimate of drug-likeness (QED) is 0.571. The van der Waals surface area contributed by atoms with Crippen LogP contribution in [0.5, 0.6) is 5.75 Å². The lowest BCUT2D eigenvalue weighted by Crippen LogP contribution is -2.38. The van der Waals surface area contributed by atoms with Crippen LogP contribution in [-0.2, 0) is 11.3 Å². The van der Waals surface area contributed by atoms with Crippen molar-refractivity contribution in [2.75, 3.05) is 33.8 Å². The molecule has 0 unspecified atom stereocenters. The minimum absolute atomic E-state index is 0.00518. The Morgan fingerprint density at radius 1 is 1.29 bits per heavy atom. The molecule has 4 rings (SSSR count). The van der Waals surface area contributed by atoms with E-state index in [1.54, 1.807) is 25.2 Å². The molecule has 164 valence electrons. The van der Waals surface area contributed by atoms with Crippen molar-refractivity contribution in [1.82, 2.24) is 14.8 Å². The van der Waals surface area contributed by atoms with Gasteiger partial charge in [-0.15, -0.1) is 11.3 Å². The van der Waals surface area contributed by atoms with E-state index >= 15 is 0 Å². The summed E-state index contributed by atoms with van der Waals surface area (Å²) >= 11 is 1.45. The van der Waals surface area contributed by atoms with E-state index in [-0.39, 0.29) is 18.1 Å². The molecule has 1 fully saturated rings. The Morgan fingerprint density at radius 3 is 2.87 bits per heavy atom. The lowest BCUT2D eigenvalue weighted by atomic mass is 10.0. The van der Waals surface area contributed by atoms with Crippen LogP contribution in [0.25, 0.3) is 10.2 Å². The van der Waals surface area contributed by atoms with E-state index in [1.165, 1.54) is 16.9 Å². The van der Waals surface area contributed by atoms with Gasteiger partial charge < -0.3 is 14.4 Å². The third-order valence-corrected chi connectivity index (χ3v) is 6.42. The van der Waals surface area contributed by atoms with Crippen LogP contribution in [0.2, 0.25) is 0 Å². The minimum atomic E-state index is -0.177. The zero-order valence-corrected chi connectivity index (χ0v) is 19.3. The second-order valence-electron chi connectivity index (χ2n) is 8.27. The Labute approximate surface area is 187 Å². The minimum Gasteiger partial charge on any atom is -0.491 e. The van der Waals surface area contributed by atoms with Crippen molar-refractivity contribution >= 4 is 27.5 Å². The SMILES string of the molecule is CC(C)Oc1ccccc1CN1CCO[C@H](c2c(C(=O)N(C)C)sc3ncccc23)C1. The summed E-state index contributed by atoms with van der Waals surface area (Å²) in [5, 5.41) is 1.01. The molecule has 2 aromatic heterocycles. The van der Waals surface area contributed by atoms with Crippen LogP contribution in [0.15, 0.2) is 42.6 Å². The van der Waals surface area contributed by atoms with Gasteiger partial charge in [0.1, 0.15) is 15.5 Å². The molecule has 1 aliphatic heterocycles. The van der Waals surface area contributed by atoms with Crippen LogP contribution in [0.1, 0.15) is 40.8 Å². The summed E-state index contributed by atoms with van der Waals surface area (Å²) in [6.45, 7) is 7.03. The van der Waals surface area contributed by atoms with Crippen LogP contribution in [0, 0.1) is 0 Å². The molecule has 0 radical (unpaired) electrons. The number of hydrogen-bond donors (Lipinski definition) is 0. The Morgan fingerprint density at radius 2 is 2.10 bits per heavy atom. The molecule has 7 heteroatoms. The Bertz CT molecular complexity index is 1060. The van der Waals surface area contributed by atoms with Crippen LogP contribution >= 0.6 is 11.3 Å². The molecule has 1 amide bonds. The smallest absolute Gasteiger partial charge is 0.263 e. The molecule has 6 nitrogen and oxygen atoms in total. The number of carbonyl (C=O) groups is 1. The van der Waals surface area contributed by atoms with Crippen molar-refractivity contribution in [1.29, 1.82) is 0 Å². The van der Waals surface area contributed by atoms with Crippen molar-refractivity contribution < 1.29 is 14.3 Å². The van der Waals surface area contributed by atoms with Crippen molar-refractivity contribution in [3.63, 3.8) is 0 Å². The molecule has 0 spiro atoms. The summed E-state index contributed by atoms with van der Waals surface area (Å²) in [5.41, 5.74) is 2.13. The Kier molecular flexibility index (Phi) is 6.55. The van der Waals surface area contributed by atoms with Crippen LogP contribution in [-0.4, -0.2) is 60.6 Å². The summed E-state index contributed by atoms with van der Waals surface area (Å²) < 4.78 is 12.2. The lowest BCUT2D eigenvalue weighted by molar-refractivity contribution is -0.0326. The number of rotatable bonds is 6. The number of aromatic nitrogens is 1. The summed E-state index contributed by atoms with van der Waals surface area (Å²) in [4.78, 5) is 23.0. The molecule has 1 aliphatic rings. The first-order valence-electron chi connectivity index (χ1n) is 10.6. The first-order valence-corrected chi connectivity index (χ1v) is 11.4. The number of morpholine rings is 1. The molecule has 3 heterocycles. The van der Waals surface area contributed by atoms with Crippen LogP contribution < -0.4 is 4.74 Å². The molecule has 1 aromatic carbocycles. The number of benzene rings is 1. The van der Waals surface area contributed by atoms with Gasteiger partial charge >= 0.3 is 0 Å². The first-order chi connectivity index (χ1) is 14.9. The van der Waals surface area contributed by atoms with E-state index in [2.05, 4.69) is 16.0 Å². The van der Waals surface area contributed by atoms with Crippen molar-refractivity contribution in [3.8, 4) is 5.75 Å². The zero-order chi connectivity index (χ0) is 22.0. The number of nitrogens with zero attached hydrogens (tertiary/aromatic N) is 3. The third kappa shape index (κ3) is 4.74. The van der Waals surface area contributed by atoms with E-state index in [9.17, 15) is 4.79 Å². The van der Waals surface area contributed by atoms with E-state index in [4.69, 9.17) is 9.47 Å². The van der Waals surface area contributed by atoms with E-state index in [1.807, 2.05) is 44.2 Å². The van der Waals surface area contributed by atoms with Crippen molar-refractivity contribution in [2.45, 2.75) is 32.6 Å². The van der Waals surface area contributed by atoms with Gasteiger partial charge in [-0.25, -0.2) is 4.98 Å². The third-order valence-electron chi connectivity index (χ3n) is 5.31. The molecule has 1 saturated heterocycles. The molecule has 0 aliphatic carbocycles. The summed E-state index contributed by atoms with van der Waals surface area (Å²) in [6, 6.07) is 12.2. The normalized spacial score (nSPS) is 17.3. The van der Waals surface area contributed by atoms with Crippen molar-refractivity contribution in [2.24, 2.45) is 0 Å². The van der Waals surface area contributed by atoms with Gasteiger partial charge in [0.15, 0.2) is 0 Å². The number of carbonyl (C=O) groups excluding carboxylic acids is 1. The number of para-hydroxylation sites is 1. The molecule has 1 atom stereocenters. The molecule has 3 aromatic rings. The predicted molar refractivity (Wildman–Crippen MR) is 124 cm³/mol. The fraction of sp³-hybridized carbons (Fsp3) is 0.417. The standard InChI is InChI=1S/C24H29N3O3S/c1-16(2)30-19-10-6-5-8-17(19)14-27-12-13-29-20(15-27)21-18-9-7-11-25-23(18)31-22(21)24(28)26(3)4/h5-11,16,20H,12-15H2,1-4H3/t20-/m0/s1. The van der Waals surface area contributed by atoms with Crippen molar-refractivity contribution in [3.05, 3.63) is 58.6 Å². The van der Waals surface area contributed by atoms with Gasteiger partial charge in [0, 0.05) is 56.4 Å². The highest BCUT2D eigenvalue weighted by molar-refractivity contribution is 7.20. The highest BCUT2D eigenvalue weighted by Gasteiger charge is 2.31. The number of amides is 1. The van der Waals surface area contributed by atoms with Crippen LogP contribution in [0.3, 0.4) is 0 Å². The van der Waals surface area contributed by atoms with E-state index in [0.717, 1.165) is 34.6 Å². The highest BCUT2D eigenvalue weighted by Crippen LogP contribution is 2.38. The van der Waals surface area contributed by atoms with Crippen LogP contribution in [0.4, 0.5) is 0 Å². The van der Waals surface area contributed by atoms with Gasteiger partial charge in [0.05, 0.1) is 18.8 Å². The van der Waals surface area contributed by atoms with Gasteiger partial charge in [-0.1, -0.05) is 24.3 Å². The molecular weight excluding hydrogens is 410 g/mol. The molecule has 0 bridgehead atoms. The average Bonchev–Trinajstić information content (AvgIpc) is 3.14. The van der Waals surface area contributed by atoms with E-state index < -0.39 is 0 Å². The molecule has 0 saturated carbocycles. The summed E-state index contributed by atoms with van der Waals surface area (Å²) in [7, 11) is 3.56. The predicted octanol–water partition coefficient (Wildman–Crippen LogP) is 4.36. The molecule has 0 N–H and O–H groups in total. The van der Waals surface area contributed by atoms with Gasteiger partial charge in [0.2, 0.25) is 0 Å². The molecular formula is C24H29N3O3S. The van der Waals surface area contributed by atoms with Gasteiger partial charge in [-0.3, -0.25) is 9.69 Å². The monoisotopic (exact) mass is 439 g/mol. The second-order valence-corrected chi connectivity index (χ2v) is 9.27. The lowest BCUT2D eigenvalue weighted by Gasteiger charge is -2.34. The van der Waals surface area contributed by atoms with Gasteiger partial charge in [-0.2, -0.15) is 0 Å². The second kappa shape index (κ2) is 9.34. The number of ether oxygens (including phenoxy) is 2. The Hall–Kier alpha value is -2.48. The summed E-state index contributed by atoms with van der Waals surface area (Å²) in [5.74, 6) is 0.920. The maximum atomic E-state index is 12.9. The zero-order valence-electron chi connectivity index (χ0n) is 18.5.